The number of hydrogen-bond acceptors (Lipinski definition) is 3. The third-order valence-electron chi connectivity index (χ3n) is 3.27. The number of amides is 1. The fourth-order valence-electron chi connectivity index (χ4n) is 2.23. The Bertz CT molecular complexity index is 445. The Morgan fingerprint density at radius 1 is 1.42 bits per heavy atom. The van der Waals surface area contributed by atoms with E-state index in [0.717, 1.165) is 12.8 Å². The highest BCUT2D eigenvalue weighted by Gasteiger charge is 2.15. The van der Waals surface area contributed by atoms with E-state index in [1.54, 1.807) is 18.2 Å². The van der Waals surface area contributed by atoms with Gasteiger partial charge in [0.15, 0.2) is 0 Å². The van der Waals surface area contributed by atoms with Gasteiger partial charge in [-0.25, -0.2) is 0 Å². The lowest BCUT2D eigenvalue weighted by atomic mass is 10.2. The number of nitrogen functional groups attached to an aromatic ring is 1. The minimum absolute atomic E-state index is 0.0907. The van der Waals surface area contributed by atoms with Gasteiger partial charge < -0.3 is 15.8 Å². The summed E-state index contributed by atoms with van der Waals surface area (Å²) in [7, 11) is 0. The molecule has 5 heteroatoms. The Balaban J connectivity index is 1.74. The van der Waals surface area contributed by atoms with Crippen molar-refractivity contribution in [1.29, 1.82) is 0 Å². The number of halogens is 1. The second kappa shape index (κ2) is 6.78. The molecule has 0 bridgehead atoms. The predicted molar refractivity (Wildman–Crippen MR) is 77.3 cm³/mol. The largest absolute Gasteiger partial charge is 0.397 e. The molecule has 3 N–H and O–H groups in total. The van der Waals surface area contributed by atoms with Gasteiger partial charge >= 0.3 is 0 Å². The standard InChI is InChI=1S/C14H19ClN2O2/c15-10-5-6-13(12(16)9-10)17-14(18)7-8-19-11-3-1-2-4-11/h5-6,9,11H,1-4,7-8,16H2,(H,17,18). The van der Waals surface area contributed by atoms with Crippen molar-refractivity contribution in [3.05, 3.63) is 23.2 Å². The maximum absolute atomic E-state index is 11.7. The lowest BCUT2D eigenvalue weighted by Crippen LogP contribution is -2.17. The molecule has 1 fully saturated rings. The van der Waals surface area contributed by atoms with E-state index >= 15 is 0 Å². The molecule has 1 aromatic rings. The fourth-order valence-corrected chi connectivity index (χ4v) is 2.41. The maximum atomic E-state index is 11.7. The highest BCUT2D eigenvalue weighted by atomic mass is 35.5. The third kappa shape index (κ3) is 4.40. The van der Waals surface area contributed by atoms with Gasteiger partial charge in [0.1, 0.15) is 0 Å². The summed E-state index contributed by atoms with van der Waals surface area (Å²) in [6.07, 6.45) is 5.39. The summed E-state index contributed by atoms with van der Waals surface area (Å²) in [5.74, 6) is -0.0907. The van der Waals surface area contributed by atoms with Crippen LogP contribution in [0, 0.1) is 0 Å². The van der Waals surface area contributed by atoms with Crippen molar-refractivity contribution in [3.63, 3.8) is 0 Å². The van der Waals surface area contributed by atoms with Gasteiger partial charge in [-0.3, -0.25) is 4.79 Å². The molecule has 2 rings (SSSR count). The summed E-state index contributed by atoms with van der Waals surface area (Å²) in [6, 6.07) is 5.02. The summed E-state index contributed by atoms with van der Waals surface area (Å²) >= 11 is 5.80. The van der Waals surface area contributed by atoms with Gasteiger partial charge in [0.2, 0.25) is 5.91 Å². The molecule has 0 atom stereocenters. The topological polar surface area (TPSA) is 64.3 Å². The average molecular weight is 283 g/mol. The molecule has 0 spiro atoms. The maximum Gasteiger partial charge on any atom is 0.226 e. The van der Waals surface area contributed by atoms with Crippen LogP contribution in [-0.4, -0.2) is 18.6 Å². The lowest BCUT2D eigenvalue weighted by molar-refractivity contribution is -0.117. The van der Waals surface area contributed by atoms with Gasteiger partial charge in [-0.1, -0.05) is 24.4 Å². The normalized spacial score (nSPS) is 15.6. The SMILES string of the molecule is Nc1cc(Cl)ccc1NC(=O)CCOC1CCCC1. The van der Waals surface area contributed by atoms with Crippen LogP contribution in [0.2, 0.25) is 5.02 Å². The molecule has 1 aliphatic rings. The third-order valence-corrected chi connectivity index (χ3v) is 3.51. The first-order chi connectivity index (χ1) is 9.15. The van der Waals surface area contributed by atoms with Crippen molar-refractivity contribution < 1.29 is 9.53 Å². The van der Waals surface area contributed by atoms with E-state index in [-0.39, 0.29) is 5.91 Å². The van der Waals surface area contributed by atoms with E-state index in [9.17, 15) is 4.79 Å². The minimum atomic E-state index is -0.0907. The van der Waals surface area contributed by atoms with Crippen LogP contribution in [0.25, 0.3) is 0 Å². The molecule has 1 amide bonds. The second-order valence-electron chi connectivity index (χ2n) is 4.81. The van der Waals surface area contributed by atoms with Crippen LogP contribution in [0.5, 0.6) is 0 Å². The van der Waals surface area contributed by atoms with Gasteiger partial charge in [0, 0.05) is 5.02 Å². The molecule has 1 aromatic carbocycles. The fraction of sp³-hybridized carbons (Fsp3) is 0.500. The van der Waals surface area contributed by atoms with E-state index in [2.05, 4.69) is 5.32 Å². The minimum Gasteiger partial charge on any atom is -0.397 e. The van der Waals surface area contributed by atoms with Gasteiger partial charge in [0.05, 0.1) is 30.5 Å². The Labute approximate surface area is 118 Å². The number of anilines is 2. The second-order valence-corrected chi connectivity index (χ2v) is 5.24. The lowest BCUT2D eigenvalue weighted by Gasteiger charge is -2.11. The zero-order valence-corrected chi connectivity index (χ0v) is 11.6. The van der Waals surface area contributed by atoms with Crippen molar-refractivity contribution in [2.24, 2.45) is 0 Å². The smallest absolute Gasteiger partial charge is 0.226 e. The van der Waals surface area contributed by atoms with Crippen LogP contribution in [0.15, 0.2) is 18.2 Å². The molecule has 1 aliphatic carbocycles. The first-order valence-electron chi connectivity index (χ1n) is 6.61. The molecule has 1 saturated carbocycles. The molecule has 19 heavy (non-hydrogen) atoms. The van der Waals surface area contributed by atoms with E-state index in [1.165, 1.54) is 12.8 Å². The van der Waals surface area contributed by atoms with Gasteiger partial charge in [0.25, 0.3) is 0 Å². The van der Waals surface area contributed by atoms with Crippen LogP contribution in [0.4, 0.5) is 11.4 Å². The molecule has 4 nitrogen and oxygen atoms in total. The molecule has 0 radical (unpaired) electrons. The number of carbonyl (C=O) groups is 1. The summed E-state index contributed by atoms with van der Waals surface area (Å²) < 4.78 is 5.65. The number of nitrogens with one attached hydrogen (secondary N) is 1. The predicted octanol–water partition coefficient (Wildman–Crippen LogP) is 3.21. The van der Waals surface area contributed by atoms with Crippen molar-refractivity contribution in [3.8, 4) is 0 Å². The first-order valence-corrected chi connectivity index (χ1v) is 6.99. The van der Waals surface area contributed by atoms with Crippen LogP contribution < -0.4 is 11.1 Å². The zero-order valence-electron chi connectivity index (χ0n) is 10.8. The summed E-state index contributed by atoms with van der Waals surface area (Å²) in [5.41, 5.74) is 6.83. The van der Waals surface area contributed by atoms with Gasteiger partial charge in [-0.05, 0) is 31.0 Å². The Kier molecular flexibility index (Phi) is 5.05. The van der Waals surface area contributed by atoms with E-state index < -0.39 is 0 Å². The van der Waals surface area contributed by atoms with Crippen molar-refractivity contribution in [2.45, 2.75) is 38.2 Å². The monoisotopic (exact) mass is 282 g/mol. The van der Waals surface area contributed by atoms with Crippen molar-refractivity contribution >= 4 is 28.9 Å². The Morgan fingerprint density at radius 3 is 2.84 bits per heavy atom. The van der Waals surface area contributed by atoms with E-state index in [0.29, 0.717) is 35.5 Å². The van der Waals surface area contributed by atoms with Crippen molar-refractivity contribution in [1.82, 2.24) is 0 Å². The zero-order chi connectivity index (χ0) is 13.7. The number of hydrogen-bond donors (Lipinski definition) is 2. The van der Waals surface area contributed by atoms with Crippen LogP contribution in [0.3, 0.4) is 0 Å². The van der Waals surface area contributed by atoms with Crippen LogP contribution >= 0.6 is 11.6 Å². The molecule has 0 unspecified atom stereocenters. The van der Waals surface area contributed by atoms with Gasteiger partial charge in [-0.15, -0.1) is 0 Å². The quantitative estimate of drug-likeness (QED) is 0.815. The first kappa shape index (κ1) is 14.2. The number of ether oxygens (including phenoxy) is 1. The molecule has 0 aliphatic heterocycles. The number of benzene rings is 1. The van der Waals surface area contributed by atoms with Crippen LogP contribution in [0.1, 0.15) is 32.1 Å². The molecular formula is C14H19ClN2O2. The molecule has 0 aromatic heterocycles. The van der Waals surface area contributed by atoms with Crippen LogP contribution in [-0.2, 0) is 9.53 Å². The number of rotatable bonds is 5. The molecule has 0 heterocycles. The summed E-state index contributed by atoms with van der Waals surface area (Å²) in [6.45, 7) is 0.462. The van der Waals surface area contributed by atoms with E-state index in [1.807, 2.05) is 0 Å². The number of nitrogens with two attached hydrogens (primary N) is 1. The Morgan fingerprint density at radius 2 is 2.16 bits per heavy atom. The molecule has 104 valence electrons. The average Bonchev–Trinajstić information content (AvgIpc) is 2.86. The Hall–Kier alpha value is -1.26. The molecule has 0 saturated heterocycles. The van der Waals surface area contributed by atoms with Gasteiger partial charge in [-0.2, -0.15) is 0 Å². The highest BCUT2D eigenvalue weighted by molar-refractivity contribution is 6.31. The van der Waals surface area contributed by atoms with E-state index in [4.69, 9.17) is 22.1 Å². The van der Waals surface area contributed by atoms with Crippen molar-refractivity contribution in [2.75, 3.05) is 17.7 Å². The molecular weight excluding hydrogens is 264 g/mol. The highest BCUT2D eigenvalue weighted by Crippen LogP contribution is 2.23. The summed E-state index contributed by atoms with van der Waals surface area (Å²) in [4.78, 5) is 11.7. The number of carbonyl (C=O) groups excluding carboxylic acids is 1. The summed E-state index contributed by atoms with van der Waals surface area (Å²) in [5, 5.41) is 3.32.